The minimum Gasteiger partial charge on any atom is -0.394 e. The van der Waals surface area contributed by atoms with Crippen LogP contribution in [0.2, 0.25) is 0 Å². The molecule has 1 amide bonds. The molecule has 6 heteroatoms. The second-order valence-electron chi connectivity index (χ2n) is 3.76. The highest BCUT2D eigenvalue weighted by atomic mass is 16.7. The second-order valence-corrected chi connectivity index (χ2v) is 3.76. The Bertz CT molecular complexity index is 423. The summed E-state index contributed by atoms with van der Waals surface area (Å²) < 4.78 is 5.00. The summed E-state index contributed by atoms with van der Waals surface area (Å²) in [5, 5.41) is 19.4. The Kier molecular flexibility index (Phi) is 4.27. The van der Waals surface area contributed by atoms with Crippen molar-refractivity contribution < 1.29 is 24.6 Å². The van der Waals surface area contributed by atoms with Crippen LogP contribution in [0.5, 0.6) is 0 Å². The first-order valence-corrected chi connectivity index (χ1v) is 5.67. The van der Waals surface area contributed by atoms with E-state index < -0.39 is 6.23 Å². The molecule has 0 saturated heterocycles. The maximum atomic E-state index is 11.9. The molecule has 0 bridgehead atoms. The van der Waals surface area contributed by atoms with Crippen LogP contribution in [0.1, 0.15) is 22.1 Å². The van der Waals surface area contributed by atoms with E-state index in [2.05, 4.69) is 0 Å². The molecule has 1 aromatic carbocycles. The fraction of sp³-hybridized carbons (Fsp3) is 0.417. The molecule has 2 rings (SSSR count). The van der Waals surface area contributed by atoms with E-state index in [0.717, 1.165) is 5.06 Å². The summed E-state index contributed by atoms with van der Waals surface area (Å²) in [6, 6.07) is 6.82. The summed E-state index contributed by atoms with van der Waals surface area (Å²) in [7, 11) is 0. The maximum absolute atomic E-state index is 11.9. The van der Waals surface area contributed by atoms with E-state index in [4.69, 9.17) is 14.7 Å². The number of aliphatic hydroxyl groups is 2. The zero-order valence-electron chi connectivity index (χ0n) is 9.78. The Morgan fingerprint density at radius 3 is 2.72 bits per heavy atom. The van der Waals surface area contributed by atoms with E-state index in [1.807, 2.05) is 0 Å². The summed E-state index contributed by atoms with van der Waals surface area (Å²) >= 11 is 0. The molecule has 18 heavy (non-hydrogen) atoms. The molecule has 0 radical (unpaired) electrons. The Hall–Kier alpha value is -1.47. The number of hydroxylamine groups is 2. The molecule has 6 nitrogen and oxygen atoms in total. The summed E-state index contributed by atoms with van der Waals surface area (Å²) in [6.45, 7) is 0.543. The summed E-state index contributed by atoms with van der Waals surface area (Å²) in [4.78, 5) is 17.1. The first-order valence-electron chi connectivity index (χ1n) is 5.67. The van der Waals surface area contributed by atoms with E-state index in [9.17, 15) is 9.90 Å². The van der Waals surface area contributed by atoms with Crippen molar-refractivity contribution in [2.24, 2.45) is 0 Å². The van der Waals surface area contributed by atoms with Crippen molar-refractivity contribution >= 4 is 5.91 Å². The first kappa shape index (κ1) is 13.0. The predicted molar refractivity (Wildman–Crippen MR) is 61.4 cm³/mol. The number of carbonyl (C=O) groups excluding carboxylic acids is 1. The summed E-state index contributed by atoms with van der Waals surface area (Å²) in [5.74, 6) is -0.361. The van der Waals surface area contributed by atoms with Crippen LogP contribution in [0, 0.1) is 0 Å². The van der Waals surface area contributed by atoms with Gasteiger partial charge in [0.05, 0.1) is 26.4 Å². The lowest BCUT2D eigenvalue weighted by Gasteiger charge is -2.19. The molecule has 0 saturated carbocycles. The molecule has 98 valence electrons. The fourth-order valence-electron chi connectivity index (χ4n) is 1.76. The molecule has 1 heterocycles. The van der Waals surface area contributed by atoms with Gasteiger partial charge in [-0.2, -0.15) is 5.06 Å². The van der Waals surface area contributed by atoms with Gasteiger partial charge in [-0.05, 0) is 6.07 Å². The molecule has 0 fully saturated rings. The second kappa shape index (κ2) is 5.92. The number of ether oxygens (including phenoxy) is 1. The smallest absolute Gasteiger partial charge is 0.280 e. The topological polar surface area (TPSA) is 79.2 Å². The van der Waals surface area contributed by atoms with Crippen LogP contribution in [-0.2, 0) is 9.57 Å². The predicted octanol–water partition coefficient (Wildman–Crippen LogP) is 0.0738. The van der Waals surface area contributed by atoms with Crippen LogP contribution in [0.15, 0.2) is 24.3 Å². The van der Waals surface area contributed by atoms with Gasteiger partial charge in [0.25, 0.3) is 5.91 Å². The molecule has 1 unspecified atom stereocenters. The van der Waals surface area contributed by atoms with Crippen LogP contribution in [-0.4, -0.2) is 47.6 Å². The van der Waals surface area contributed by atoms with Crippen LogP contribution in [0.25, 0.3) is 0 Å². The first-order chi connectivity index (χ1) is 8.75. The average molecular weight is 253 g/mol. The van der Waals surface area contributed by atoms with Gasteiger partial charge in [-0.3, -0.25) is 9.63 Å². The van der Waals surface area contributed by atoms with Crippen molar-refractivity contribution in [3.05, 3.63) is 35.4 Å². The van der Waals surface area contributed by atoms with Gasteiger partial charge in [0.1, 0.15) is 0 Å². The van der Waals surface area contributed by atoms with E-state index in [0.29, 0.717) is 11.1 Å². The Morgan fingerprint density at radius 2 is 2.00 bits per heavy atom. The highest BCUT2D eigenvalue weighted by Crippen LogP contribution is 2.31. The lowest BCUT2D eigenvalue weighted by Crippen LogP contribution is -2.29. The highest BCUT2D eigenvalue weighted by Gasteiger charge is 2.36. The minimum atomic E-state index is -1.08. The molecular formula is C12H15NO5. The van der Waals surface area contributed by atoms with Gasteiger partial charge >= 0.3 is 0 Å². The van der Waals surface area contributed by atoms with Gasteiger partial charge in [-0.25, -0.2) is 0 Å². The molecule has 0 aromatic heterocycles. The number of hydrogen-bond acceptors (Lipinski definition) is 5. The van der Waals surface area contributed by atoms with Gasteiger partial charge in [-0.1, -0.05) is 18.2 Å². The molecule has 0 aliphatic carbocycles. The van der Waals surface area contributed by atoms with Gasteiger partial charge in [0.2, 0.25) is 0 Å². The average Bonchev–Trinajstić information content (AvgIpc) is 2.64. The van der Waals surface area contributed by atoms with E-state index in [1.165, 1.54) is 0 Å². The zero-order chi connectivity index (χ0) is 13.0. The third kappa shape index (κ3) is 2.51. The molecule has 1 aliphatic rings. The number of carbonyl (C=O) groups is 1. The van der Waals surface area contributed by atoms with Crippen LogP contribution < -0.4 is 0 Å². The van der Waals surface area contributed by atoms with Crippen molar-refractivity contribution in [3.63, 3.8) is 0 Å². The van der Waals surface area contributed by atoms with Gasteiger partial charge in [0, 0.05) is 11.1 Å². The van der Waals surface area contributed by atoms with Crippen LogP contribution >= 0.6 is 0 Å². The Labute approximate surface area is 104 Å². The molecule has 1 aliphatic heterocycles. The summed E-state index contributed by atoms with van der Waals surface area (Å²) in [5.41, 5.74) is 0.986. The molecule has 1 atom stereocenters. The SMILES string of the molecule is O=C1c2ccccc2C(O)N1OCCOCCO. The number of hydrogen-bond donors (Lipinski definition) is 2. The Balaban J connectivity index is 1.90. The quantitative estimate of drug-likeness (QED) is 0.702. The molecule has 2 N–H and O–H groups in total. The number of benzene rings is 1. The van der Waals surface area contributed by atoms with E-state index in [1.54, 1.807) is 24.3 Å². The van der Waals surface area contributed by atoms with Crippen molar-refractivity contribution in [1.82, 2.24) is 5.06 Å². The zero-order valence-corrected chi connectivity index (χ0v) is 9.78. The monoisotopic (exact) mass is 253 g/mol. The molecule has 0 spiro atoms. The van der Waals surface area contributed by atoms with E-state index >= 15 is 0 Å². The van der Waals surface area contributed by atoms with Crippen molar-refractivity contribution in [3.8, 4) is 0 Å². The number of amides is 1. The minimum absolute atomic E-state index is 0.0588. The third-order valence-electron chi connectivity index (χ3n) is 2.59. The number of nitrogens with zero attached hydrogens (tertiary/aromatic N) is 1. The van der Waals surface area contributed by atoms with Crippen LogP contribution in [0.3, 0.4) is 0 Å². The van der Waals surface area contributed by atoms with Crippen molar-refractivity contribution in [2.45, 2.75) is 6.23 Å². The lowest BCUT2D eigenvalue weighted by atomic mass is 10.1. The number of rotatable bonds is 6. The van der Waals surface area contributed by atoms with Crippen molar-refractivity contribution in [1.29, 1.82) is 0 Å². The molecular weight excluding hydrogens is 238 g/mol. The van der Waals surface area contributed by atoms with Crippen LogP contribution in [0.4, 0.5) is 0 Å². The maximum Gasteiger partial charge on any atom is 0.280 e. The largest absolute Gasteiger partial charge is 0.394 e. The third-order valence-corrected chi connectivity index (χ3v) is 2.59. The van der Waals surface area contributed by atoms with Gasteiger partial charge in [0.15, 0.2) is 6.23 Å². The normalized spacial score (nSPS) is 18.2. The number of fused-ring (bicyclic) bond motifs is 1. The molecule has 1 aromatic rings. The standard InChI is InChI=1S/C12H15NO5/c14-5-6-17-7-8-18-13-11(15)9-3-1-2-4-10(9)12(13)16/h1-4,11,14-15H,5-8H2. The van der Waals surface area contributed by atoms with Gasteiger partial charge < -0.3 is 14.9 Å². The van der Waals surface area contributed by atoms with E-state index in [-0.39, 0.29) is 32.3 Å². The number of aliphatic hydroxyl groups excluding tert-OH is 2. The summed E-state index contributed by atoms with van der Waals surface area (Å²) in [6.07, 6.45) is -1.08. The van der Waals surface area contributed by atoms with Gasteiger partial charge in [-0.15, -0.1) is 0 Å². The highest BCUT2D eigenvalue weighted by molar-refractivity contribution is 5.98. The van der Waals surface area contributed by atoms with Crippen molar-refractivity contribution in [2.75, 3.05) is 26.4 Å². The Morgan fingerprint density at radius 1 is 1.22 bits per heavy atom. The lowest BCUT2D eigenvalue weighted by molar-refractivity contribution is -0.205. The fourth-order valence-corrected chi connectivity index (χ4v) is 1.76.